The van der Waals surface area contributed by atoms with Crippen molar-refractivity contribution in [2.75, 3.05) is 0 Å². The summed E-state index contributed by atoms with van der Waals surface area (Å²) in [6, 6.07) is 1.98. The van der Waals surface area contributed by atoms with Gasteiger partial charge in [0.05, 0.1) is 27.2 Å². The van der Waals surface area contributed by atoms with Gasteiger partial charge >= 0.3 is 0 Å². The molecule has 0 aromatic carbocycles. The summed E-state index contributed by atoms with van der Waals surface area (Å²) in [6.07, 6.45) is 1.70. The molecule has 6 heteroatoms. The molecule has 0 aliphatic rings. The maximum absolute atomic E-state index is 10.6. The van der Waals surface area contributed by atoms with Gasteiger partial charge in [-0.3, -0.25) is 9.36 Å². The minimum Gasteiger partial charge on any atom is -0.386 e. The summed E-state index contributed by atoms with van der Waals surface area (Å²) in [5, 5.41) is 19.5. The molecule has 0 fully saturated rings. The van der Waals surface area contributed by atoms with Gasteiger partial charge in [-0.05, 0) is 41.8 Å². The molecular formula is C15H23BrN4O. The summed E-state index contributed by atoms with van der Waals surface area (Å²) in [6.45, 7) is 7.01. The lowest BCUT2D eigenvalue weighted by Gasteiger charge is -2.12. The topological polar surface area (TPSA) is 55.9 Å². The van der Waals surface area contributed by atoms with Crippen LogP contribution in [0.3, 0.4) is 0 Å². The molecule has 2 aromatic rings. The molecule has 0 spiro atoms. The van der Waals surface area contributed by atoms with Crippen molar-refractivity contribution in [2.24, 2.45) is 7.05 Å². The summed E-state index contributed by atoms with van der Waals surface area (Å²) in [5.41, 5.74) is 3.93. The molecule has 1 unspecified atom stereocenters. The molecule has 1 N–H and O–H groups in total. The molecule has 0 aliphatic carbocycles. The lowest BCUT2D eigenvalue weighted by Crippen LogP contribution is -2.12. The first-order valence-corrected chi connectivity index (χ1v) is 8.25. The van der Waals surface area contributed by atoms with Gasteiger partial charge in [-0.25, -0.2) is 0 Å². The Kier molecular flexibility index (Phi) is 5.22. The van der Waals surface area contributed by atoms with Crippen molar-refractivity contribution in [1.29, 1.82) is 0 Å². The lowest BCUT2D eigenvalue weighted by molar-refractivity contribution is 0.165. The molecule has 2 rings (SSSR count). The number of aliphatic hydroxyl groups is 1. The van der Waals surface area contributed by atoms with Crippen molar-refractivity contribution in [1.82, 2.24) is 19.6 Å². The summed E-state index contributed by atoms with van der Waals surface area (Å²) in [5.74, 6) is 0. The Bertz CT molecular complexity index is 617. The molecule has 2 aromatic heterocycles. The number of aliphatic hydroxyl groups excluding tert-OH is 1. The van der Waals surface area contributed by atoms with Gasteiger partial charge in [-0.15, -0.1) is 0 Å². The van der Waals surface area contributed by atoms with E-state index in [1.165, 1.54) is 0 Å². The van der Waals surface area contributed by atoms with Crippen molar-refractivity contribution in [3.8, 4) is 0 Å². The van der Waals surface area contributed by atoms with Crippen LogP contribution in [0.4, 0.5) is 0 Å². The molecule has 0 bridgehead atoms. The number of aryl methyl sites for hydroxylation is 4. The number of halogens is 1. The number of hydrogen-bond acceptors (Lipinski definition) is 3. The zero-order chi connectivity index (χ0) is 15.6. The smallest absolute Gasteiger partial charge is 0.101 e. The lowest BCUT2D eigenvalue weighted by atomic mass is 10.1. The van der Waals surface area contributed by atoms with E-state index in [0.29, 0.717) is 6.42 Å². The number of hydrogen-bond donors (Lipinski definition) is 1. The minimum atomic E-state index is -0.578. The minimum absolute atomic E-state index is 0.532. The van der Waals surface area contributed by atoms with Gasteiger partial charge in [-0.1, -0.05) is 13.8 Å². The van der Waals surface area contributed by atoms with E-state index in [9.17, 15) is 5.11 Å². The Morgan fingerprint density at radius 1 is 1.24 bits per heavy atom. The second-order valence-corrected chi connectivity index (χ2v) is 5.93. The van der Waals surface area contributed by atoms with Crippen LogP contribution >= 0.6 is 15.9 Å². The Morgan fingerprint density at radius 3 is 2.48 bits per heavy atom. The van der Waals surface area contributed by atoms with Crippen molar-refractivity contribution < 1.29 is 5.11 Å². The number of aromatic nitrogens is 4. The van der Waals surface area contributed by atoms with Crippen LogP contribution in [0.15, 0.2) is 10.5 Å². The van der Waals surface area contributed by atoms with Gasteiger partial charge in [0, 0.05) is 20.0 Å². The third-order valence-electron chi connectivity index (χ3n) is 3.75. The largest absolute Gasteiger partial charge is 0.386 e. The van der Waals surface area contributed by atoms with Crippen LogP contribution in [0.2, 0.25) is 0 Å². The number of nitrogens with zero attached hydrogens (tertiary/aromatic N) is 4. The Hall–Kier alpha value is -1.14. The SMILES string of the molecule is CCc1cc(C(O)Cc2c(Br)c(CC)nn2CC)n(C)n1. The monoisotopic (exact) mass is 354 g/mol. The number of rotatable bonds is 6. The van der Waals surface area contributed by atoms with Gasteiger partial charge in [0.2, 0.25) is 0 Å². The molecule has 1 atom stereocenters. The third-order valence-corrected chi connectivity index (χ3v) is 4.67. The molecule has 0 saturated carbocycles. The zero-order valence-corrected chi connectivity index (χ0v) is 14.7. The Morgan fingerprint density at radius 2 is 1.95 bits per heavy atom. The fraction of sp³-hybridized carbons (Fsp3) is 0.600. The van der Waals surface area contributed by atoms with Gasteiger partial charge < -0.3 is 5.11 Å². The highest BCUT2D eigenvalue weighted by molar-refractivity contribution is 9.10. The van der Waals surface area contributed by atoms with E-state index < -0.39 is 6.10 Å². The molecule has 116 valence electrons. The molecular weight excluding hydrogens is 332 g/mol. The first-order valence-electron chi connectivity index (χ1n) is 7.46. The summed E-state index contributed by atoms with van der Waals surface area (Å²) in [7, 11) is 1.88. The maximum Gasteiger partial charge on any atom is 0.101 e. The Balaban J connectivity index is 2.28. The fourth-order valence-corrected chi connectivity index (χ4v) is 3.25. The molecule has 0 saturated heterocycles. The highest BCUT2D eigenvalue weighted by atomic mass is 79.9. The van der Waals surface area contributed by atoms with E-state index in [0.717, 1.165) is 46.6 Å². The highest BCUT2D eigenvalue weighted by Gasteiger charge is 2.20. The van der Waals surface area contributed by atoms with Crippen LogP contribution in [0.25, 0.3) is 0 Å². The normalized spacial score (nSPS) is 12.9. The van der Waals surface area contributed by atoms with Crippen LogP contribution in [0.1, 0.15) is 49.7 Å². The van der Waals surface area contributed by atoms with Crippen molar-refractivity contribution in [2.45, 2.75) is 52.7 Å². The molecule has 21 heavy (non-hydrogen) atoms. The van der Waals surface area contributed by atoms with E-state index in [-0.39, 0.29) is 0 Å². The van der Waals surface area contributed by atoms with Gasteiger partial charge in [-0.2, -0.15) is 10.2 Å². The van der Waals surface area contributed by atoms with Crippen molar-refractivity contribution in [3.05, 3.63) is 33.3 Å². The van der Waals surface area contributed by atoms with E-state index in [1.54, 1.807) is 4.68 Å². The van der Waals surface area contributed by atoms with Crippen LogP contribution in [-0.4, -0.2) is 24.7 Å². The fourth-order valence-electron chi connectivity index (χ4n) is 2.53. The second kappa shape index (κ2) is 6.75. The van der Waals surface area contributed by atoms with Crippen LogP contribution in [0.5, 0.6) is 0 Å². The summed E-state index contributed by atoms with van der Waals surface area (Å²) < 4.78 is 4.75. The zero-order valence-electron chi connectivity index (χ0n) is 13.1. The standard InChI is InChI=1S/C15H23BrN4O/c1-5-10-8-12(19(4)17-10)14(21)9-13-15(16)11(6-2)18-20(13)7-3/h8,14,21H,5-7,9H2,1-4H3. The predicted molar refractivity (Wildman–Crippen MR) is 86.2 cm³/mol. The average molecular weight is 355 g/mol. The average Bonchev–Trinajstić information content (AvgIpc) is 3.00. The van der Waals surface area contributed by atoms with E-state index in [4.69, 9.17) is 0 Å². The van der Waals surface area contributed by atoms with E-state index >= 15 is 0 Å². The molecule has 5 nitrogen and oxygen atoms in total. The summed E-state index contributed by atoms with van der Waals surface area (Å²) in [4.78, 5) is 0. The first-order chi connectivity index (χ1) is 10.0. The quantitative estimate of drug-likeness (QED) is 0.867. The van der Waals surface area contributed by atoms with Gasteiger partial charge in [0.15, 0.2) is 0 Å². The van der Waals surface area contributed by atoms with Gasteiger partial charge in [0.25, 0.3) is 0 Å². The van der Waals surface area contributed by atoms with E-state index in [2.05, 4.69) is 46.9 Å². The van der Waals surface area contributed by atoms with Crippen molar-refractivity contribution in [3.63, 3.8) is 0 Å². The molecule has 2 heterocycles. The molecule has 0 radical (unpaired) electrons. The van der Waals surface area contributed by atoms with Crippen molar-refractivity contribution >= 4 is 15.9 Å². The molecule has 0 amide bonds. The molecule has 0 aliphatic heterocycles. The van der Waals surface area contributed by atoms with Crippen LogP contribution in [-0.2, 0) is 32.9 Å². The highest BCUT2D eigenvalue weighted by Crippen LogP contribution is 2.27. The Labute approximate surface area is 134 Å². The summed E-state index contributed by atoms with van der Waals surface area (Å²) >= 11 is 3.62. The predicted octanol–water partition coefficient (Wildman–Crippen LogP) is 2.80. The first kappa shape index (κ1) is 16.2. The third kappa shape index (κ3) is 3.21. The second-order valence-electron chi connectivity index (χ2n) is 5.13. The van der Waals surface area contributed by atoms with Crippen LogP contribution < -0.4 is 0 Å². The van der Waals surface area contributed by atoms with Crippen LogP contribution in [0, 0.1) is 0 Å². The van der Waals surface area contributed by atoms with E-state index in [1.807, 2.05) is 17.8 Å². The maximum atomic E-state index is 10.6. The van der Waals surface area contributed by atoms with Gasteiger partial charge in [0.1, 0.15) is 6.10 Å².